The van der Waals surface area contributed by atoms with Gasteiger partial charge in [0.05, 0.1) is 13.2 Å². The number of hydrogen-bond donors (Lipinski definition) is 1. The van der Waals surface area contributed by atoms with E-state index in [2.05, 4.69) is 0 Å². The molecule has 0 saturated heterocycles. The van der Waals surface area contributed by atoms with Gasteiger partial charge < -0.3 is 14.8 Å². The molecule has 1 unspecified atom stereocenters. The highest BCUT2D eigenvalue weighted by atomic mass is 35.5. The van der Waals surface area contributed by atoms with E-state index in [4.69, 9.17) is 14.8 Å². The maximum absolute atomic E-state index is 12.0. The monoisotopic (exact) mass is 245 g/mol. The molecule has 0 spiro atoms. The van der Waals surface area contributed by atoms with Crippen LogP contribution in [0.2, 0.25) is 0 Å². The van der Waals surface area contributed by atoms with E-state index in [9.17, 15) is 4.57 Å². The highest BCUT2D eigenvalue weighted by molar-refractivity contribution is 7.54. The molecule has 0 aliphatic heterocycles. The van der Waals surface area contributed by atoms with Crippen LogP contribution in [-0.2, 0) is 13.6 Å². The Labute approximate surface area is 92.5 Å². The fourth-order valence-electron chi connectivity index (χ4n) is 0.934. The van der Waals surface area contributed by atoms with Gasteiger partial charge in [0.25, 0.3) is 0 Å². The zero-order valence-electron chi connectivity index (χ0n) is 9.23. The van der Waals surface area contributed by atoms with Crippen LogP contribution in [0, 0.1) is 5.92 Å². The van der Waals surface area contributed by atoms with E-state index in [1.54, 1.807) is 13.8 Å². The van der Waals surface area contributed by atoms with Crippen LogP contribution in [0.3, 0.4) is 0 Å². The van der Waals surface area contributed by atoms with E-state index < -0.39 is 13.4 Å². The van der Waals surface area contributed by atoms with Crippen LogP contribution in [0.25, 0.3) is 0 Å². The summed E-state index contributed by atoms with van der Waals surface area (Å²) < 4.78 is 22.2. The van der Waals surface area contributed by atoms with Crippen LogP contribution in [0.15, 0.2) is 0 Å². The summed E-state index contributed by atoms with van der Waals surface area (Å²) in [4.78, 5) is 0. The maximum atomic E-state index is 12.0. The lowest BCUT2D eigenvalue weighted by atomic mass is 10.2. The van der Waals surface area contributed by atoms with E-state index in [0.29, 0.717) is 13.2 Å². The van der Waals surface area contributed by atoms with Gasteiger partial charge in [-0.05, 0) is 19.8 Å². The maximum Gasteiger partial charge on any atom is 0.347 e. The molecule has 0 radical (unpaired) electrons. The van der Waals surface area contributed by atoms with Gasteiger partial charge in [-0.2, -0.15) is 0 Å². The third kappa shape index (κ3) is 4.76. The van der Waals surface area contributed by atoms with Gasteiger partial charge >= 0.3 is 7.60 Å². The first-order valence-electron chi connectivity index (χ1n) is 4.62. The summed E-state index contributed by atoms with van der Waals surface area (Å²) in [6, 6.07) is 0. The largest absolute Gasteiger partial charge is 0.347 e. The molecule has 0 aromatic rings. The van der Waals surface area contributed by atoms with Crippen molar-refractivity contribution >= 4 is 20.0 Å². The van der Waals surface area contributed by atoms with Crippen molar-refractivity contribution in [1.29, 1.82) is 0 Å². The second-order valence-corrected chi connectivity index (χ2v) is 5.30. The number of nitrogens with two attached hydrogens (primary N) is 1. The summed E-state index contributed by atoms with van der Waals surface area (Å²) in [7, 11) is -3.09. The molecule has 0 rings (SSSR count). The van der Waals surface area contributed by atoms with Gasteiger partial charge in [-0.25, -0.2) is 0 Å². The van der Waals surface area contributed by atoms with Crippen molar-refractivity contribution in [3.8, 4) is 0 Å². The highest BCUT2D eigenvalue weighted by Gasteiger charge is 2.34. The molecule has 88 valence electrons. The van der Waals surface area contributed by atoms with Crippen LogP contribution in [-0.4, -0.2) is 19.0 Å². The van der Waals surface area contributed by atoms with Gasteiger partial charge in [0.1, 0.15) is 5.78 Å². The molecule has 6 heteroatoms. The Balaban J connectivity index is 0. The van der Waals surface area contributed by atoms with Gasteiger partial charge in [0.15, 0.2) is 0 Å². The lowest BCUT2D eigenvalue weighted by molar-refractivity contribution is 0.206. The van der Waals surface area contributed by atoms with E-state index in [-0.39, 0.29) is 18.3 Å². The summed E-state index contributed by atoms with van der Waals surface area (Å²) in [6.45, 7) is 8.07. The Morgan fingerprint density at radius 3 is 1.79 bits per heavy atom. The molecule has 0 aliphatic carbocycles. The molecule has 0 aromatic carbocycles. The lowest BCUT2D eigenvalue weighted by Gasteiger charge is -2.25. The number of hydrogen-bond acceptors (Lipinski definition) is 4. The third-order valence-corrected chi connectivity index (χ3v) is 4.23. The van der Waals surface area contributed by atoms with Crippen molar-refractivity contribution in [2.24, 2.45) is 11.7 Å². The fourth-order valence-corrected chi connectivity index (χ4v) is 2.80. The van der Waals surface area contributed by atoms with Crippen LogP contribution < -0.4 is 5.73 Å². The van der Waals surface area contributed by atoms with Crippen molar-refractivity contribution < 1.29 is 13.6 Å². The van der Waals surface area contributed by atoms with Crippen LogP contribution in [0.4, 0.5) is 0 Å². The smallest absolute Gasteiger partial charge is 0.317 e. The molecule has 0 fully saturated rings. The fraction of sp³-hybridized carbons (Fsp3) is 1.00. The Hall–Kier alpha value is 0.400. The third-order valence-electron chi connectivity index (χ3n) is 1.67. The minimum absolute atomic E-state index is 0. The van der Waals surface area contributed by atoms with Crippen molar-refractivity contribution in [2.45, 2.75) is 33.5 Å². The van der Waals surface area contributed by atoms with Gasteiger partial charge in [-0.15, -0.1) is 12.4 Å². The standard InChI is InChI=1S/C8H20NO3P.ClH/c1-5-11-13(10,12-6-2)8(9)7(3)4;/h7-8H,5-6,9H2,1-4H3;1H. The normalized spacial score (nSPS) is 13.9. The zero-order chi connectivity index (χ0) is 10.5. The first-order chi connectivity index (χ1) is 5.98. The topological polar surface area (TPSA) is 61.5 Å². The molecule has 0 amide bonds. The molecular weight excluding hydrogens is 225 g/mol. The quantitative estimate of drug-likeness (QED) is 0.731. The first kappa shape index (κ1) is 16.8. The highest BCUT2D eigenvalue weighted by Crippen LogP contribution is 2.53. The molecule has 14 heavy (non-hydrogen) atoms. The molecule has 0 bridgehead atoms. The first-order valence-corrected chi connectivity index (χ1v) is 6.23. The average Bonchev–Trinajstić information content (AvgIpc) is 2.03. The zero-order valence-corrected chi connectivity index (χ0v) is 10.9. The number of halogens is 1. The molecule has 0 aromatic heterocycles. The number of rotatable bonds is 6. The SMILES string of the molecule is CCOP(=O)(OCC)C(N)C(C)C.Cl. The predicted octanol–water partition coefficient (Wildman–Crippen LogP) is 2.62. The lowest BCUT2D eigenvalue weighted by Crippen LogP contribution is -2.28. The minimum Gasteiger partial charge on any atom is -0.317 e. The second-order valence-electron chi connectivity index (χ2n) is 3.11. The van der Waals surface area contributed by atoms with Gasteiger partial charge in [-0.3, -0.25) is 4.57 Å². The Morgan fingerprint density at radius 2 is 1.57 bits per heavy atom. The van der Waals surface area contributed by atoms with Crippen molar-refractivity contribution in [2.75, 3.05) is 13.2 Å². The summed E-state index contributed by atoms with van der Waals surface area (Å²) in [6.07, 6.45) is 0. The molecule has 0 aliphatic rings. The van der Waals surface area contributed by atoms with E-state index in [1.807, 2.05) is 13.8 Å². The van der Waals surface area contributed by atoms with E-state index >= 15 is 0 Å². The second kappa shape index (κ2) is 7.66. The Morgan fingerprint density at radius 1 is 1.21 bits per heavy atom. The molecule has 0 heterocycles. The Kier molecular flexibility index (Phi) is 9.20. The molecule has 2 N–H and O–H groups in total. The Bertz CT molecular complexity index is 179. The summed E-state index contributed by atoms with van der Waals surface area (Å²) in [5.41, 5.74) is 5.75. The van der Waals surface area contributed by atoms with Gasteiger partial charge in [-0.1, -0.05) is 13.8 Å². The van der Waals surface area contributed by atoms with E-state index in [0.717, 1.165) is 0 Å². The van der Waals surface area contributed by atoms with Crippen LogP contribution in [0.5, 0.6) is 0 Å². The predicted molar refractivity (Wildman–Crippen MR) is 60.9 cm³/mol. The summed E-state index contributed by atoms with van der Waals surface area (Å²) in [5, 5.41) is 0. The summed E-state index contributed by atoms with van der Waals surface area (Å²) >= 11 is 0. The van der Waals surface area contributed by atoms with E-state index in [1.165, 1.54) is 0 Å². The summed E-state index contributed by atoms with van der Waals surface area (Å²) in [5.74, 6) is -0.448. The van der Waals surface area contributed by atoms with Crippen molar-refractivity contribution in [3.05, 3.63) is 0 Å². The molecule has 1 atom stereocenters. The van der Waals surface area contributed by atoms with Gasteiger partial charge in [0.2, 0.25) is 0 Å². The average molecular weight is 246 g/mol. The molecular formula is C8H21ClNO3P. The van der Waals surface area contributed by atoms with Gasteiger partial charge in [0, 0.05) is 0 Å². The molecule has 4 nitrogen and oxygen atoms in total. The van der Waals surface area contributed by atoms with Crippen LogP contribution in [0.1, 0.15) is 27.7 Å². The molecule has 0 saturated carbocycles. The van der Waals surface area contributed by atoms with Crippen molar-refractivity contribution in [3.63, 3.8) is 0 Å². The minimum atomic E-state index is -3.09. The van der Waals surface area contributed by atoms with Crippen LogP contribution >= 0.6 is 20.0 Å². The van der Waals surface area contributed by atoms with Crippen molar-refractivity contribution in [1.82, 2.24) is 0 Å².